The molecule has 226 valence electrons. The van der Waals surface area contributed by atoms with E-state index in [1.165, 1.54) is 30.0 Å². The van der Waals surface area contributed by atoms with Gasteiger partial charge in [-0.25, -0.2) is 14.4 Å². The summed E-state index contributed by atoms with van der Waals surface area (Å²) in [7, 11) is 0. The Morgan fingerprint density at radius 1 is 0.907 bits per heavy atom. The van der Waals surface area contributed by atoms with E-state index in [1.807, 2.05) is 58.2 Å². The predicted octanol–water partition coefficient (Wildman–Crippen LogP) is 9.85. The third-order valence-corrected chi connectivity index (χ3v) is 7.25. The average Bonchev–Trinajstić information content (AvgIpc) is 3.91. The predicted molar refractivity (Wildman–Crippen MR) is 181 cm³/mol. The Morgan fingerprint density at radius 3 is 2.21 bits per heavy atom. The van der Waals surface area contributed by atoms with Gasteiger partial charge in [-0.3, -0.25) is 4.99 Å². The topological polar surface area (TPSA) is 64.2 Å². The minimum Gasteiger partial charge on any atom is -0.330 e. The van der Waals surface area contributed by atoms with E-state index in [9.17, 15) is 4.39 Å². The summed E-state index contributed by atoms with van der Waals surface area (Å²) < 4.78 is 14.7. The summed E-state index contributed by atoms with van der Waals surface area (Å²) in [5.41, 5.74) is 14.9. The Bertz CT molecular complexity index is 1550. The van der Waals surface area contributed by atoms with Crippen LogP contribution in [0.15, 0.2) is 83.5 Å². The van der Waals surface area contributed by atoms with Crippen LogP contribution in [0.2, 0.25) is 5.02 Å². The van der Waals surface area contributed by atoms with E-state index in [0.717, 1.165) is 46.7 Å². The zero-order valence-corrected chi connectivity index (χ0v) is 27.1. The highest BCUT2D eigenvalue weighted by Gasteiger charge is 2.23. The first-order valence-electron chi connectivity index (χ1n) is 15.4. The number of benzene rings is 3. The van der Waals surface area contributed by atoms with Crippen molar-refractivity contribution in [3.8, 4) is 11.3 Å². The second kappa shape index (κ2) is 16.8. The van der Waals surface area contributed by atoms with Gasteiger partial charge in [-0.1, -0.05) is 94.3 Å². The quantitative estimate of drug-likeness (QED) is 0.249. The van der Waals surface area contributed by atoms with Crippen LogP contribution >= 0.6 is 11.6 Å². The van der Waals surface area contributed by atoms with Gasteiger partial charge in [0.05, 0.1) is 18.0 Å². The highest BCUT2D eigenvalue weighted by atomic mass is 35.5. The Kier molecular flexibility index (Phi) is 13.2. The summed E-state index contributed by atoms with van der Waals surface area (Å²) in [5, 5.41) is 0.571. The number of rotatable bonds is 5. The van der Waals surface area contributed by atoms with E-state index in [2.05, 4.69) is 43.1 Å². The lowest BCUT2D eigenvalue weighted by atomic mass is 9.95. The van der Waals surface area contributed by atoms with Gasteiger partial charge in [0.15, 0.2) is 0 Å². The van der Waals surface area contributed by atoms with E-state index >= 15 is 0 Å². The molecular formula is C37H44ClFN4. The Labute approximate surface area is 262 Å². The van der Waals surface area contributed by atoms with Crippen molar-refractivity contribution < 1.29 is 4.39 Å². The van der Waals surface area contributed by atoms with Crippen molar-refractivity contribution in [2.45, 2.75) is 73.8 Å². The smallest absolute Gasteiger partial charge is 0.133 e. The zero-order valence-electron chi connectivity index (χ0n) is 26.3. The van der Waals surface area contributed by atoms with Gasteiger partial charge in [0.25, 0.3) is 0 Å². The van der Waals surface area contributed by atoms with Crippen LogP contribution in [0.25, 0.3) is 16.8 Å². The molecule has 1 fully saturated rings. The third kappa shape index (κ3) is 8.68. The molecule has 0 unspecified atom stereocenters. The lowest BCUT2D eigenvalue weighted by Gasteiger charge is -2.13. The van der Waals surface area contributed by atoms with Crippen molar-refractivity contribution in [1.29, 1.82) is 0 Å². The molecule has 6 rings (SSSR count). The molecule has 3 aromatic carbocycles. The molecule has 2 heterocycles. The number of nitrogens with zero attached hydrogens (tertiary/aromatic N) is 3. The molecule has 43 heavy (non-hydrogen) atoms. The van der Waals surface area contributed by atoms with Crippen LogP contribution in [0, 0.1) is 5.82 Å². The largest absolute Gasteiger partial charge is 0.330 e. The number of nitrogens with two attached hydrogens (primary N) is 1. The van der Waals surface area contributed by atoms with Gasteiger partial charge >= 0.3 is 0 Å². The molecule has 1 aliphatic heterocycles. The number of aromatic nitrogens is 2. The molecule has 2 N–H and O–H groups in total. The number of aliphatic imine (C=N–C) groups is 1. The normalized spacial score (nSPS) is 12.4. The van der Waals surface area contributed by atoms with Crippen molar-refractivity contribution in [2.75, 3.05) is 6.54 Å². The third-order valence-electron chi connectivity index (χ3n) is 7.01. The van der Waals surface area contributed by atoms with E-state index in [0.29, 0.717) is 29.3 Å². The van der Waals surface area contributed by atoms with Crippen molar-refractivity contribution in [3.63, 3.8) is 0 Å². The van der Waals surface area contributed by atoms with Crippen molar-refractivity contribution in [1.82, 2.24) is 9.97 Å². The van der Waals surface area contributed by atoms with E-state index in [1.54, 1.807) is 17.7 Å². The Hall–Kier alpha value is -3.67. The summed E-state index contributed by atoms with van der Waals surface area (Å²) in [6.07, 6.45) is 6.03. The van der Waals surface area contributed by atoms with Crippen LogP contribution in [0.3, 0.4) is 0 Å². The lowest BCUT2D eigenvalue weighted by molar-refractivity contribution is 0.625. The summed E-state index contributed by atoms with van der Waals surface area (Å²) >= 11 is 6.36. The minimum absolute atomic E-state index is 0.314. The number of hydrogen-bond donors (Lipinski definition) is 1. The fourth-order valence-corrected chi connectivity index (χ4v) is 4.80. The van der Waals surface area contributed by atoms with Crippen LogP contribution in [0.1, 0.15) is 94.4 Å². The molecule has 1 aliphatic carbocycles. The number of allylic oxidation sites excluding steroid dienone is 2. The molecule has 2 aliphatic rings. The summed E-state index contributed by atoms with van der Waals surface area (Å²) in [6.45, 7) is 13.4. The van der Waals surface area contributed by atoms with Crippen LogP contribution in [-0.2, 0) is 13.0 Å². The molecule has 0 radical (unpaired) electrons. The fraction of sp³-hybridized carbons (Fsp3) is 0.324. The molecule has 6 heteroatoms. The maximum absolute atomic E-state index is 14.7. The molecule has 0 amide bonds. The molecule has 0 bridgehead atoms. The SMILES string of the molecule is CC.CC.CC(=C1CC1)c1ccc(Cc2ncc3c(n2)-c2ccc(Cl)cc2C(c2ccccc2F)=NC3)cc1.CCCN. The first-order chi connectivity index (χ1) is 21.0. The second-order valence-corrected chi connectivity index (χ2v) is 10.3. The second-order valence-electron chi connectivity index (χ2n) is 9.89. The monoisotopic (exact) mass is 598 g/mol. The van der Waals surface area contributed by atoms with Crippen LogP contribution in [0.5, 0.6) is 0 Å². The first-order valence-corrected chi connectivity index (χ1v) is 15.8. The van der Waals surface area contributed by atoms with Crippen molar-refractivity contribution >= 4 is 22.9 Å². The standard InChI is InChI=1S/C30H23ClFN3.C3H9N.2C2H6/c1-18(21-10-11-21)20-8-6-19(7-9-20)14-28-33-16-22-17-34-30(25-4-2-3-5-27(25)32)26-15-23(31)12-13-24(26)29(22)35-28;1-2-3-4;2*1-2/h2-9,12-13,15-16H,10-11,14,17H2,1H3;2-4H2,1H3;2*1-2H3. The van der Waals surface area contributed by atoms with Crippen LogP contribution in [0.4, 0.5) is 4.39 Å². The Morgan fingerprint density at radius 2 is 1.58 bits per heavy atom. The molecular weight excluding hydrogens is 555 g/mol. The van der Waals surface area contributed by atoms with Gasteiger partial charge in [-0.2, -0.15) is 0 Å². The molecule has 4 aromatic rings. The molecule has 1 aromatic heterocycles. The number of fused-ring (bicyclic) bond motifs is 3. The molecule has 0 saturated heterocycles. The Balaban J connectivity index is 0.000000577. The summed E-state index contributed by atoms with van der Waals surface area (Å²) in [6, 6.07) is 21.0. The zero-order chi connectivity index (χ0) is 31.4. The average molecular weight is 599 g/mol. The molecule has 0 atom stereocenters. The maximum atomic E-state index is 14.7. The fourth-order valence-electron chi connectivity index (χ4n) is 4.63. The van der Waals surface area contributed by atoms with E-state index in [4.69, 9.17) is 27.3 Å². The van der Waals surface area contributed by atoms with Gasteiger partial charge < -0.3 is 5.73 Å². The molecule has 1 saturated carbocycles. The van der Waals surface area contributed by atoms with Crippen LogP contribution in [-0.4, -0.2) is 22.2 Å². The van der Waals surface area contributed by atoms with Crippen molar-refractivity contribution in [2.24, 2.45) is 10.7 Å². The van der Waals surface area contributed by atoms with E-state index < -0.39 is 0 Å². The van der Waals surface area contributed by atoms with Gasteiger partial charge in [-0.05, 0) is 73.7 Å². The van der Waals surface area contributed by atoms with Gasteiger partial charge in [-0.15, -0.1) is 0 Å². The van der Waals surface area contributed by atoms with Crippen molar-refractivity contribution in [3.05, 3.63) is 123 Å². The van der Waals surface area contributed by atoms with Crippen LogP contribution < -0.4 is 5.73 Å². The number of halogens is 2. The van der Waals surface area contributed by atoms with Gasteiger partial charge in [0.1, 0.15) is 11.6 Å². The van der Waals surface area contributed by atoms with E-state index in [-0.39, 0.29) is 5.82 Å². The summed E-state index contributed by atoms with van der Waals surface area (Å²) in [5.74, 6) is 0.426. The van der Waals surface area contributed by atoms with Gasteiger partial charge in [0.2, 0.25) is 0 Å². The molecule has 4 nitrogen and oxygen atoms in total. The number of hydrogen-bond acceptors (Lipinski definition) is 4. The molecule has 0 spiro atoms. The minimum atomic E-state index is -0.314. The highest BCUT2D eigenvalue weighted by molar-refractivity contribution is 6.31. The maximum Gasteiger partial charge on any atom is 0.133 e. The lowest BCUT2D eigenvalue weighted by Crippen LogP contribution is -2.07. The summed E-state index contributed by atoms with van der Waals surface area (Å²) in [4.78, 5) is 14.4. The first kappa shape index (κ1) is 33.8. The highest BCUT2D eigenvalue weighted by Crippen LogP contribution is 2.36. The van der Waals surface area contributed by atoms with Gasteiger partial charge in [0, 0.05) is 39.9 Å².